The average molecular weight is 303 g/mol. The summed E-state index contributed by atoms with van der Waals surface area (Å²) >= 11 is 0. The van der Waals surface area contributed by atoms with Gasteiger partial charge in [0.05, 0.1) is 6.04 Å². The van der Waals surface area contributed by atoms with Crippen LogP contribution in [0.25, 0.3) is 5.57 Å². The molecule has 1 heterocycles. The van der Waals surface area contributed by atoms with Crippen molar-refractivity contribution in [1.82, 2.24) is 0 Å². The Morgan fingerprint density at radius 3 is 2.13 bits per heavy atom. The molecule has 0 aliphatic carbocycles. The van der Waals surface area contributed by atoms with Gasteiger partial charge in [0.1, 0.15) is 0 Å². The molecule has 2 aromatic rings. The van der Waals surface area contributed by atoms with Crippen LogP contribution in [0, 0.1) is 0 Å². The van der Waals surface area contributed by atoms with Crippen molar-refractivity contribution in [3.05, 3.63) is 83.6 Å². The van der Waals surface area contributed by atoms with Gasteiger partial charge in [-0.25, -0.2) is 0 Å². The molecule has 3 rings (SSSR count). The van der Waals surface area contributed by atoms with Crippen molar-refractivity contribution in [2.45, 2.75) is 39.7 Å². The Morgan fingerprint density at radius 2 is 1.52 bits per heavy atom. The zero-order valence-electron chi connectivity index (χ0n) is 14.3. The third kappa shape index (κ3) is 3.10. The van der Waals surface area contributed by atoms with Crippen molar-refractivity contribution in [2.24, 2.45) is 0 Å². The first-order valence-corrected chi connectivity index (χ1v) is 8.53. The maximum absolute atomic E-state index is 2.42. The molecule has 0 amide bonds. The molecular weight excluding hydrogens is 278 g/mol. The number of hydrogen-bond acceptors (Lipinski definition) is 1. The Balaban J connectivity index is 2.10. The van der Waals surface area contributed by atoms with Crippen LogP contribution in [-0.4, -0.2) is 6.04 Å². The van der Waals surface area contributed by atoms with E-state index in [1.807, 2.05) is 0 Å². The maximum atomic E-state index is 2.42. The summed E-state index contributed by atoms with van der Waals surface area (Å²) in [6.45, 7) is 6.84. The highest BCUT2D eigenvalue weighted by Crippen LogP contribution is 2.37. The van der Waals surface area contributed by atoms with Crippen LogP contribution < -0.4 is 4.90 Å². The van der Waals surface area contributed by atoms with Gasteiger partial charge in [-0.2, -0.15) is 0 Å². The molecule has 1 unspecified atom stereocenters. The zero-order valence-corrected chi connectivity index (χ0v) is 14.3. The molecule has 0 bridgehead atoms. The first-order valence-electron chi connectivity index (χ1n) is 8.53. The number of anilines is 1. The fourth-order valence-electron chi connectivity index (χ4n) is 3.50. The van der Waals surface area contributed by atoms with E-state index in [-0.39, 0.29) is 0 Å². The number of rotatable bonds is 4. The summed E-state index contributed by atoms with van der Waals surface area (Å²) in [5.74, 6) is 0. The quantitative estimate of drug-likeness (QED) is 0.664. The van der Waals surface area contributed by atoms with Crippen LogP contribution in [0.15, 0.2) is 78.0 Å². The van der Waals surface area contributed by atoms with Crippen LogP contribution in [0.4, 0.5) is 5.69 Å². The van der Waals surface area contributed by atoms with E-state index in [4.69, 9.17) is 0 Å². The van der Waals surface area contributed by atoms with Gasteiger partial charge >= 0.3 is 0 Å². The third-order valence-corrected chi connectivity index (χ3v) is 4.67. The Bertz CT molecular complexity index is 710. The van der Waals surface area contributed by atoms with Crippen molar-refractivity contribution in [1.29, 1.82) is 0 Å². The maximum Gasteiger partial charge on any atom is 0.0566 e. The molecule has 0 N–H and O–H groups in total. The summed E-state index contributed by atoms with van der Waals surface area (Å²) in [5, 5.41) is 0. The van der Waals surface area contributed by atoms with Crippen LogP contribution >= 0.6 is 0 Å². The number of hydrogen-bond donors (Lipinski definition) is 0. The summed E-state index contributed by atoms with van der Waals surface area (Å²) in [5.41, 5.74) is 6.93. The van der Waals surface area contributed by atoms with E-state index < -0.39 is 0 Å². The number of allylic oxidation sites excluding steroid dienone is 2. The van der Waals surface area contributed by atoms with Gasteiger partial charge in [0.2, 0.25) is 0 Å². The molecule has 1 aliphatic rings. The minimum atomic E-state index is 0.334. The molecule has 1 nitrogen and oxygen atoms in total. The summed E-state index contributed by atoms with van der Waals surface area (Å²) in [7, 11) is 0. The average Bonchev–Trinajstić information content (AvgIpc) is 2.59. The minimum Gasteiger partial charge on any atom is -0.340 e. The summed E-state index contributed by atoms with van der Waals surface area (Å²) in [6.07, 6.45) is 4.64. The first-order chi connectivity index (χ1) is 11.2. The molecule has 0 fully saturated rings. The van der Waals surface area contributed by atoms with Gasteiger partial charge in [-0.15, -0.1) is 0 Å². The van der Waals surface area contributed by atoms with E-state index in [9.17, 15) is 0 Å². The second-order valence-electron chi connectivity index (χ2n) is 6.23. The van der Waals surface area contributed by atoms with Gasteiger partial charge in [-0.1, -0.05) is 61.9 Å². The number of nitrogens with zero attached hydrogens (tertiary/aromatic N) is 1. The van der Waals surface area contributed by atoms with Gasteiger partial charge in [-0.3, -0.25) is 0 Å². The predicted octanol–water partition coefficient (Wildman–Crippen LogP) is 6.05. The molecule has 1 atom stereocenters. The van der Waals surface area contributed by atoms with Crippen LogP contribution in [-0.2, 0) is 0 Å². The van der Waals surface area contributed by atoms with E-state index in [0.29, 0.717) is 6.04 Å². The molecule has 0 aromatic heterocycles. The highest BCUT2D eigenvalue weighted by atomic mass is 15.1. The fraction of sp³-hybridized carbons (Fsp3) is 0.273. The van der Waals surface area contributed by atoms with E-state index in [0.717, 1.165) is 6.42 Å². The molecule has 0 spiro atoms. The van der Waals surface area contributed by atoms with E-state index in [1.54, 1.807) is 0 Å². The molecule has 1 heteroatoms. The number of benzene rings is 2. The van der Waals surface area contributed by atoms with E-state index in [2.05, 4.69) is 92.5 Å². The lowest BCUT2D eigenvalue weighted by atomic mass is 9.86. The largest absolute Gasteiger partial charge is 0.340 e. The third-order valence-electron chi connectivity index (χ3n) is 4.67. The van der Waals surface area contributed by atoms with Crippen LogP contribution in [0.3, 0.4) is 0 Å². The topological polar surface area (TPSA) is 3.24 Å². The second kappa shape index (κ2) is 6.87. The van der Waals surface area contributed by atoms with Gasteiger partial charge in [0.25, 0.3) is 0 Å². The monoisotopic (exact) mass is 303 g/mol. The Morgan fingerprint density at radius 1 is 0.913 bits per heavy atom. The Labute approximate surface area is 140 Å². The lowest BCUT2D eigenvalue weighted by Gasteiger charge is -2.36. The standard InChI is InChI=1S/C22H25N/c1-4-11-20-16-23(21-14-9-6-10-15-21)18(3)22(17(20)2)19-12-7-5-8-13-19/h5-10,12-16,18H,4,11H2,1-3H3. The minimum absolute atomic E-state index is 0.334. The van der Waals surface area contributed by atoms with Gasteiger partial charge < -0.3 is 4.90 Å². The van der Waals surface area contributed by atoms with Crippen LogP contribution in [0.5, 0.6) is 0 Å². The molecular formula is C22H25N. The predicted molar refractivity (Wildman–Crippen MR) is 100 cm³/mol. The highest BCUT2D eigenvalue weighted by molar-refractivity contribution is 5.81. The SMILES string of the molecule is CCCC1=CN(c2ccccc2)C(C)C(c2ccccc2)=C1C. The lowest BCUT2D eigenvalue weighted by Crippen LogP contribution is -2.33. The van der Waals surface area contributed by atoms with E-state index >= 15 is 0 Å². The molecule has 1 aliphatic heterocycles. The van der Waals surface area contributed by atoms with Crippen LogP contribution in [0.2, 0.25) is 0 Å². The molecule has 118 valence electrons. The Kier molecular flexibility index (Phi) is 4.66. The van der Waals surface area contributed by atoms with Gasteiger partial charge in [0.15, 0.2) is 0 Å². The normalized spacial score (nSPS) is 18.1. The molecule has 0 saturated carbocycles. The molecule has 23 heavy (non-hydrogen) atoms. The fourth-order valence-corrected chi connectivity index (χ4v) is 3.50. The van der Waals surface area contributed by atoms with Crippen molar-refractivity contribution < 1.29 is 0 Å². The molecule has 2 aromatic carbocycles. The van der Waals surface area contributed by atoms with Crippen molar-refractivity contribution in [3.63, 3.8) is 0 Å². The number of para-hydroxylation sites is 1. The Hall–Kier alpha value is -2.28. The summed E-state index contributed by atoms with van der Waals surface area (Å²) < 4.78 is 0. The second-order valence-corrected chi connectivity index (χ2v) is 6.23. The van der Waals surface area contributed by atoms with Crippen molar-refractivity contribution in [3.8, 4) is 0 Å². The van der Waals surface area contributed by atoms with Crippen molar-refractivity contribution >= 4 is 11.3 Å². The highest BCUT2D eigenvalue weighted by Gasteiger charge is 2.26. The lowest BCUT2D eigenvalue weighted by molar-refractivity contribution is 0.816. The van der Waals surface area contributed by atoms with Crippen molar-refractivity contribution in [2.75, 3.05) is 4.90 Å². The summed E-state index contributed by atoms with van der Waals surface area (Å²) in [6, 6.07) is 21.8. The first kappa shape index (κ1) is 15.6. The molecule has 0 saturated heterocycles. The smallest absolute Gasteiger partial charge is 0.0566 e. The molecule has 0 radical (unpaired) electrons. The summed E-state index contributed by atoms with van der Waals surface area (Å²) in [4.78, 5) is 2.42. The van der Waals surface area contributed by atoms with Crippen LogP contribution in [0.1, 0.15) is 39.2 Å². The van der Waals surface area contributed by atoms with Gasteiger partial charge in [0, 0.05) is 11.9 Å². The van der Waals surface area contributed by atoms with E-state index in [1.165, 1.54) is 34.4 Å². The zero-order chi connectivity index (χ0) is 16.2. The van der Waals surface area contributed by atoms with Gasteiger partial charge in [-0.05, 0) is 54.7 Å².